The molecule has 3 aliphatic carbocycles. The van der Waals surface area contributed by atoms with Crippen molar-refractivity contribution in [1.82, 2.24) is 20.0 Å². The smallest absolute Gasteiger partial charge is 0.353 e. The van der Waals surface area contributed by atoms with Gasteiger partial charge in [-0.05, 0) is 88.9 Å². The minimum Gasteiger partial charge on any atom is -0.353 e. The molecule has 1 aromatic heterocycles. The van der Waals surface area contributed by atoms with Gasteiger partial charge in [-0.25, -0.2) is 8.78 Å². The number of nitrogens with one attached hydrogen (secondary N) is 2. The Balaban J connectivity index is 1.38. The third kappa shape index (κ3) is 6.62. The van der Waals surface area contributed by atoms with E-state index in [0.29, 0.717) is 37.5 Å². The average molecular weight is 590 g/mol. The van der Waals surface area contributed by atoms with Crippen LogP contribution in [-0.4, -0.2) is 63.0 Å². The predicted octanol–water partition coefficient (Wildman–Crippen LogP) is 6.34. The molecule has 2 N–H and O–H groups in total. The van der Waals surface area contributed by atoms with Gasteiger partial charge in [-0.3, -0.25) is 14.9 Å². The lowest BCUT2D eigenvalue weighted by atomic mass is 9.71. The monoisotopic (exact) mass is 589 g/mol. The van der Waals surface area contributed by atoms with Gasteiger partial charge in [-0.2, -0.15) is 18.3 Å². The number of thioether (sulfide) groups is 1. The summed E-state index contributed by atoms with van der Waals surface area (Å²) >= 11 is 1.46. The first-order valence-electron chi connectivity index (χ1n) is 14.6. The van der Waals surface area contributed by atoms with Crippen LogP contribution in [0.15, 0.2) is 6.20 Å². The molecule has 224 valence electrons. The normalized spacial score (nSPS) is 32.5. The number of nitrogens with zero attached hydrogens (tertiary/aromatic N) is 3. The van der Waals surface area contributed by atoms with Crippen LogP contribution in [0.5, 0.6) is 0 Å². The third-order valence-electron chi connectivity index (χ3n) is 9.22. The number of carbonyl (C=O) groups excluding carboxylic acids is 1. The number of rotatable bonds is 8. The number of carbonyl (C=O) groups is 1. The van der Waals surface area contributed by atoms with Gasteiger partial charge in [0.05, 0.1) is 0 Å². The zero-order valence-electron chi connectivity index (χ0n) is 23.1. The minimum absolute atomic E-state index is 0.0615. The topological polar surface area (TPSA) is 74.0 Å². The fraction of sp³-hybridized carbons (Fsp3) is 0.821. The Morgan fingerprint density at radius 1 is 1.10 bits per heavy atom. The number of alkyl halides is 5. The Bertz CT molecular complexity index is 1080. The lowest BCUT2D eigenvalue weighted by Crippen LogP contribution is -2.48. The van der Waals surface area contributed by atoms with Gasteiger partial charge in [0.1, 0.15) is 12.3 Å². The first-order valence-corrected chi connectivity index (χ1v) is 15.6. The summed E-state index contributed by atoms with van der Waals surface area (Å²) in [4.78, 5) is 15.7. The molecule has 0 aromatic carbocycles. The lowest BCUT2D eigenvalue weighted by Gasteiger charge is -2.38. The number of amides is 1. The highest BCUT2D eigenvalue weighted by Crippen LogP contribution is 2.46. The van der Waals surface area contributed by atoms with Crippen LogP contribution in [0.3, 0.4) is 0 Å². The first-order chi connectivity index (χ1) is 18.9. The van der Waals surface area contributed by atoms with Gasteiger partial charge in [0.2, 0.25) is 5.91 Å². The first kappa shape index (κ1) is 29.6. The molecule has 12 heteroatoms. The van der Waals surface area contributed by atoms with E-state index in [1.807, 2.05) is 4.90 Å². The van der Waals surface area contributed by atoms with Crippen LogP contribution < -0.4 is 5.32 Å². The Morgan fingerprint density at radius 3 is 2.42 bits per heavy atom. The fourth-order valence-electron chi connectivity index (χ4n) is 6.97. The van der Waals surface area contributed by atoms with Crippen molar-refractivity contribution in [3.63, 3.8) is 0 Å². The molecule has 1 saturated heterocycles. The van der Waals surface area contributed by atoms with Crippen molar-refractivity contribution >= 4 is 22.8 Å². The van der Waals surface area contributed by atoms with E-state index in [4.69, 9.17) is 5.41 Å². The van der Waals surface area contributed by atoms with E-state index in [9.17, 15) is 26.7 Å². The summed E-state index contributed by atoms with van der Waals surface area (Å²) in [6, 6.07) is -0.469. The van der Waals surface area contributed by atoms with Crippen LogP contribution in [0.25, 0.3) is 0 Å². The van der Waals surface area contributed by atoms with Crippen molar-refractivity contribution < 1.29 is 26.7 Å². The van der Waals surface area contributed by atoms with E-state index in [1.54, 1.807) is 13.8 Å². The molecule has 4 fully saturated rings. The van der Waals surface area contributed by atoms with Gasteiger partial charge in [0, 0.05) is 48.6 Å². The maximum atomic E-state index is 14.3. The molecular weight excluding hydrogens is 549 g/mol. The Morgan fingerprint density at radius 2 is 1.82 bits per heavy atom. The molecule has 6 nitrogen and oxygen atoms in total. The summed E-state index contributed by atoms with van der Waals surface area (Å²) in [5.41, 5.74) is -0.752. The Hall–Kier alpha value is -1.85. The molecule has 1 aliphatic heterocycles. The molecule has 0 radical (unpaired) electrons. The highest BCUT2D eigenvalue weighted by molar-refractivity contribution is 8.14. The van der Waals surface area contributed by atoms with E-state index in [0.717, 1.165) is 18.6 Å². The van der Waals surface area contributed by atoms with E-state index in [1.165, 1.54) is 22.6 Å². The molecule has 5 rings (SSSR count). The van der Waals surface area contributed by atoms with Gasteiger partial charge >= 0.3 is 6.18 Å². The van der Waals surface area contributed by atoms with Crippen molar-refractivity contribution in [2.75, 3.05) is 18.8 Å². The van der Waals surface area contributed by atoms with Crippen molar-refractivity contribution in [3.8, 4) is 0 Å². The predicted molar refractivity (Wildman–Crippen MR) is 145 cm³/mol. The average Bonchev–Trinajstić information content (AvgIpc) is 3.48. The SMILES string of the molecule is CC(C)n1cc(C2CC(CN3CCSC3=N)CC(C(=O)N[C@@H](C3CC3)C3CCC(F)C(F)C3)C2)c(C(F)(F)F)n1. The van der Waals surface area contributed by atoms with Crippen LogP contribution in [-0.2, 0) is 11.0 Å². The molecule has 0 spiro atoms. The molecule has 0 bridgehead atoms. The highest BCUT2D eigenvalue weighted by atomic mass is 32.2. The van der Waals surface area contributed by atoms with Gasteiger partial charge < -0.3 is 10.2 Å². The molecule has 3 saturated carbocycles. The van der Waals surface area contributed by atoms with Gasteiger partial charge in [-0.1, -0.05) is 11.8 Å². The summed E-state index contributed by atoms with van der Waals surface area (Å²) in [5, 5.41) is 15.8. The molecule has 4 aliphatic rings. The zero-order chi connectivity index (χ0) is 28.8. The van der Waals surface area contributed by atoms with Crippen LogP contribution in [0.4, 0.5) is 22.0 Å². The number of amidine groups is 1. The summed E-state index contributed by atoms with van der Waals surface area (Å²) < 4.78 is 71.7. The number of hydrogen-bond donors (Lipinski definition) is 2. The van der Waals surface area contributed by atoms with Gasteiger partial charge in [0.25, 0.3) is 0 Å². The maximum absolute atomic E-state index is 14.3. The number of halogens is 5. The molecule has 40 heavy (non-hydrogen) atoms. The summed E-state index contributed by atoms with van der Waals surface area (Å²) in [6.45, 7) is 4.81. The van der Waals surface area contributed by atoms with Gasteiger partial charge in [0.15, 0.2) is 10.9 Å². The molecule has 7 atom stereocenters. The molecule has 1 amide bonds. The van der Waals surface area contributed by atoms with Crippen LogP contribution in [0, 0.1) is 29.1 Å². The molecule has 6 unspecified atom stereocenters. The highest BCUT2D eigenvalue weighted by Gasteiger charge is 2.45. The third-order valence-corrected chi connectivity index (χ3v) is 10.1. The molecule has 2 heterocycles. The van der Waals surface area contributed by atoms with Gasteiger partial charge in [-0.15, -0.1) is 0 Å². The van der Waals surface area contributed by atoms with Crippen molar-refractivity contribution in [2.45, 2.75) is 102 Å². The van der Waals surface area contributed by atoms with E-state index < -0.39 is 36.0 Å². The van der Waals surface area contributed by atoms with Crippen LogP contribution in [0.2, 0.25) is 0 Å². The minimum atomic E-state index is -4.61. The lowest BCUT2D eigenvalue weighted by molar-refractivity contribution is -0.142. The fourth-order valence-corrected chi connectivity index (χ4v) is 7.82. The molecule has 1 aromatic rings. The van der Waals surface area contributed by atoms with Crippen molar-refractivity contribution in [3.05, 3.63) is 17.5 Å². The van der Waals surface area contributed by atoms with Crippen molar-refractivity contribution in [2.24, 2.45) is 23.7 Å². The maximum Gasteiger partial charge on any atom is 0.435 e. The number of aromatic nitrogens is 2. The van der Waals surface area contributed by atoms with Crippen LogP contribution in [0.1, 0.15) is 88.4 Å². The second kappa shape index (κ2) is 11.8. The van der Waals surface area contributed by atoms with E-state index in [2.05, 4.69) is 10.4 Å². The summed E-state index contributed by atoms with van der Waals surface area (Å²) in [7, 11) is 0. The molecular formula is C28H40F5N5OS. The standard InChI is InChI=1S/C28H40F5N5OS/c1-15(2)38-14-21(25(36-38)28(31,32)33)19-9-16(13-37-7-8-40-27(37)34)10-20(11-19)26(39)35-24(17-3-4-17)18-5-6-22(29)23(30)12-18/h14-20,22-24,34H,3-13H2,1-2H3,(H,35,39)/t16?,18?,19?,20?,22?,23?,24-/m0/s1. The quantitative estimate of drug-likeness (QED) is 0.347. The zero-order valence-corrected chi connectivity index (χ0v) is 23.9. The number of hydrogen-bond acceptors (Lipinski definition) is 4. The van der Waals surface area contributed by atoms with E-state index in [-0.39, 0.29) is 60.6 Å². The summed E-state index contributed by atoms with van der Waals surface area (Å²) in [6.07, 6.45) is -2.16. The second-order valence-corrected chi connectivity index (χ2v) is 13.6. The Labute approximate surface area is 236 Å². The van der Waals surface area contributed by atoms with E-state index >= 15 is 0 Å². The van der Waals surface area contributed by atoms with Crippen molar-refractivity contribution in [1.29, 1.82) is 5.41 Å². The largest absolute Gasteiger partial charge is 0.435 e. The second-order valence-electron chi connectivity index (χ2n) is 12.5. The Kier molecular flexibility index (Phi) is 8.74. The summed E-state index contributed by atoms with van der Waals surface area (Å²) in [5.74, 6) is -0.338. The van der Waals surface area contributed by atoms with Crippen LogP contribution >= 0.6 is 11.8 Å².